The first kappa shape index (κ1) is 24.1. The minimum Gasteiger partial charge on any atom is -0.402 e. The van der Waals surface area contributed by atoms with Crippen LogP contribution in [0.5, 0.6) is 0 Å². The van der Waals surface area contributed by atoms with Crippen LogP contribution in [0.15, 0.2) is 66.6 Å². The molecule has 0 saturated carbocycles. The van der Waals surface area contributed by atoms with Gasteiger partial charge in [-0.05, 0) is 43.0 Å². The summed E-state index contributed by atoms with van der Waals surface area (Å²) < 4.78 is 66.3. The van der Waals surface area contributed by atoms with E-state index >= 15 is 0 Å². The number of alkyl halides is 5. The lowest BCUT2D eigenvalue weighted by Crippen LogP contribution is -2.33. The Morgan fingerprint density at radius 2 is 1.85 bits per heavy atom. The Kier molecular flexibility index (Phi) is 6.96. The SMILES string of the molecule is CC(N)=CC(=S)N/C=C/CNc1nc2c(-c3ccc(C(F)(F)C(F)(F)F)cc3)cccn2n1. The number of hydrogen-bond donors (Lipinski definition) is 3. The number of aromatic nitrogens is 3. The molecule has 2 heterocycles. The van der Waals surface area contributed by atoms with Gasteiger partial charge in [0.25, 0.3) is 0 Å². The van der Waals surface area contributed by atoms with Crippen LogP contribution in [-0.2, 0) is 5.92 Å². The highest BCUT2D eigenvalue weighted by Gasteiger charge is 2.58. The van der Waals surface area contributed by atoms with Gasteiger partial charge < -0.3 is 16.4 Å². The van der Waals surface area contributed by atoms with Crippen LogP contribution in [-0.4, -0.2) is 32.3 Å². The number of nitrogens with zero attached hydrogens (tertiary/aromatic N) is 3. The molecule has 0 spiro atoms. The van der Waals surface area contributed by atoms with E-state index in [4.69, 9.17) is 18.0 Å². The maximum Gasteiger partial charge on any atom is 0.458 e. The van der Waals surface area contributed by atoms with Gasteiger partial charge >= 0.3 is 12.1 Å². The highest BCUT2D eigenvalue weighted by molar-refractivity contribution is 7.80. The van der Waals surface area contributed by atoms with E-state index in [2.05, 4.69) is 20.7 Å². The van der Waals surface area contributed by atoms with Gasteiger partial charge in [0.05, 0.1) is 0 Å². The summed E-state index contributed by atoms with van der Waals surface area (Å²) in [5.74, 6) is -4.64. The summed E-state index contributed by atoms with van der Waals surface area (Å²) in [4.78, 5) is 4.84. The number of hydrogen-bond acceptors (Lipinski definition) is 5. The molecule has 0 atom stereocenters. The summed E-state index contributed by atoms with van der Waals surface area (Å²) in [5, 5.41) is 10.1. The zero-order chi connectivity index (χ0) is 24.2. The predicted octanol–water partition coefficient (Wildman–Crippen LogP) is 4.76. The fraction of sp³-hybridized carbons (Fsp3) is 0.190. The van der Waals surface area contributed by atoms with Gasteiger partial charge in [0, 0.05) is 29.6 Å². The van der Waals surface area contributed by atoms with Gasteiger partial charge in [-0.15, -0.1) is 5.10 Å². The zero-order valence-corrected chi connectivity index (χ0v) is 18.0. The monoisotopic (exact) mass is 482 g/mol. The van der Waals surface area contributed by atoms with Crippen molar-refractivity contribution in [3.8, 4) is 11.1 Å². The van der Waals surface area contributed by atoms with Crippen LogP contribution in [0.4, 0.5) is 27.9 Å². The summed E-state index contributed by atoms with van der Waals surface area (Å²) in [5.41, 5.74) is 6.32. The molecule has 0 aliphatic carbocycles. The third kappa shape index (κ3) is 5.64. The minimum absolute atomic E-state index is 0.299. The van der Waals surface area contributed by atoms with Crippen LogP contribution in [0.25, 0.3) is 16.8 Å². The third-order valence-corrected chi connectivity index (χ3v) is 4.59. The van der Waals surface area contributed by atoms with Crippen LogP contribution >= 0.6 is 12.2 Å². The fourth-order valence-corrected chi connectivity index (χ4v) is 3.08. The number of nitrogens with one attached hydrogen (secondary N) is 2. The smallest absolute Gasteiger partial charge is 0.402 e. The van der Waals surface area contributed by atoms with Gasteiger partial charge in [0.2, 0.25) is 5.95 Å². The molecule has 0 unspecified atom stereocenters. The molecule has 0 amide bonds. The molecule has 2 aromatic heterocycles. The van der Waals surface area contributed by atoms with E-state index in [1.54, 1.807) is 43.6 Å². The maximum atomic E-state index is 13.5. The number of benzene rings is 1. The lowest BCUT2D eigenvalue weighted by Gasteiger charge is -2.20. The second-order valence-electron chi connectivity index (χ2n) is 6.96. The van der Waals surface area contributed by atoms with Crippen LogP contribution < -0.4 is 16.4 Å². The van der Waals surface area contributed by atoms with Crippen molar-refractivity contribution in [1.82, 2.24) is 19.9 Å². The second kappa shape index (κ2) is 9.53. The summed E-state index contributed by atoms with van der Waals surface area (Å²) in [6.45, 7) is 2.09. The molecule has 0 bridgehead atoms. The lowest BCUT2D eigenvalue weighted by atomic mass is 10.0. The number of anilines is 1. The zero-order valence-electron chi connectivity index (χ0n) is 17.2. The molecule has 12 heteroatoms. The van der Waals surface area contributed by atoms with Gasteiger partial charge in [0.1, 0.15) is 4.99 Å². The van der Waals surface area contributed by atoms with E-state index in [-0.39, 0.29) is 0 Å². The summed E-state index contributed by atoms with van der Waals surface area (Å²) >= 11 is 5.06. The normalized spacial score (nSPS) is 13.0. The molecule has 0 saturated heterocycles. The Hall–Kier alpha value is -3.54. The Morgan fingerprint density at radius 1 is 1.15 bits per heavy atom. The molecule has 0 fully saturated rings. The molecule has 0 radical (unpaired) electrons. The molecule has 1 aromatic carbocycles. The topological polar surface area (TPSA) is 80.3 Å². The second-order valence-corrected chi connectivity index (χ2v) is 7.39. The van der Waals surface area contributed by atoms with E-state index in [0.29, 0.717) is 40.0 Å². The first-order valence-corrected chi connectivity index (χ1v) is 9.94. The molecular formula is C21H19F5N6S. The van der Waals surface area contributed by atoms with E-state index in [9.17, 15) is 22.0 Å². The summed E-state index contributed by atoms with van der Waals surface area (Å²) in [6.07, 6.45) is 0.957. The number of halogens is 5. The Morgan fingerprint density at radius 3 is 2.48 bits per heavy atom. The van der Waals surface area contributed by atoms with Crippen molar-refractivity contribution < 1.29 is 22.0 Å². The summed E-state index contributed by atoms with van der Waals surface area (Å²) in [6, 6.07) is 7.23. The Balaban J connectivity index is 1.75. The Bertz CT molecular complexity index is 1190. The quantitative estimate of drug-likeness (QED) is 0.256. The number of fused-ring (bicyclic) bond motifs is 1. The number of rotatable bonds is 7. The molecule has 0 aliphatic rings. The fourth-order valence-electron chi connectivity index (χ4n) is 2.83. The molecular weight excluding hydrogens is 463 g/mol. The standard InChI is InChI=1S/C21H19F5N6S/c1-13(27)12-17(33)28-9-3-10-29-19-30-18-16(4-2-11-32(18)31-19)14-5-7-15(8-6-14)20(22,23)21(24,25)26/h2-9,11-12H,10,27H2,1H3,(H,28,33)(H,29,31)/b9-3+,13-12?. The van der Waals surface area contributed by atoms with Crippen LogP contribution in [0.1, 0.15) is 12.5 Å². The van der Waals surface area contributed by atoms with Crippen LogP contribution in [0, 0.1) is 0 Å². The van der Waals surface area contributed by atoms with Crippen molar-refractivity contribution in [3.63, 3.8) is 0 Å². The van der Waals surface area contributed by atoms with Gasteiger partial charge in [-0.2, -0.15) is 26.9 Å². The van der Waals surface area contributed by atoms with E-state index < -0.39 is 17.7 Å². The number of nitrogens with two attached hydrogens (primary N) is 1. The van der Waals surface area contributed by atoms with Gasteiger partial charge in [-0.25, -0.2) is 4.52 Å². The maximum absolute atomic E-state index is 13.5. The van der Waals surface area contributed by atoms with Crippen molar-refractivity contribution in [3.05, 3.63) is 72.2 Å². The average molecular weight is 482 g/mol. The minimum atomic E-state index is -5.67. The van der Waals surface area contributed by atoms with Gasteiger partial charge in [-0.1, -0.05) is 36.5 Å². The van der Waals surface area contributed by atoms with Crippen LogP contribution in [0.2, 0.25) is 0 Å². The molecule has 33 heavy (non-hydrogen) atoms. The lowest BCUT2D eigenvalue weighted by molar-refractivity contribution is -0.289. The summed E-state index contributed by atoms with van der Waals surface area (Å²) in [7, 11) is 0. The molecule has 3 rings (SSSR count). The van der Waals surface area contributed by atoms with Crippen LogP contribution in [0.3, 0.4) is 0 Å². The van der Waals surface area contributed by atoms with E-state index in [0.717, 1.165) is 12.1 Å². The Labute approximate surface area is 191 Å². The van der Waals surface area contributed by atoms with Crippen molar-refractivity contribution in [2.45, 2.75) is 19.0 Å². The molecule has 0 aliphatic heterocycles. The first-order chi connectivity index (χ1) is 15.5. The van der Waals surface area contributed by atoms with Crippen molar-refractivity contribution in [1.29, 1.82) is 0 Å². The molecule has 6 nitrogen and oxygen atoms in total. The number of thiocarbonyl (C=S) groups is 1. The number of allylic oxidation sites excluding steroid dienone is 1. The van der Waals surface area contributed by atoms with Crippen molar-refractivity contribution in [2.24, 2.45) is 5.73 Å². The van der Waals surface area contributed by atoms with Crippen molar-refractivity contribution in [2.75, 3.05) is 11.9 Å². The van der Waals surface area contributed by atoms with Gasteiger partial charge in [-0.3, -0.25) is 0 Å². The van der Waals surface area contributed by atoms with Crippen molar-refractivity contribution >= 4 is 28.8 Å². The molecule has 3 aromatic rings. The average Bonchev–Trinajstić information content (AvgIpc) is 3.15. The number of pyridine rings is 1. The highest BCUT2D eigenvalue weighted by atomic mass is 32.1. The first-order valence-electron chi connectivity index (χ1n) is 9.53. The highest BCUT2D eigenvalue weighted by Crippen LogP contribution is 2.44. The largest absolute Gasteiger partial charge is 0.458 e. The van der Waals surface area contributed by atoms with Gasteiger partial charge in [0.15, 0.2) is 5.65 Å². The van der Waals surface area contributed by atoms with E-state index in [1.807, 2.05) is 0 Å². The molecule has 174 valence electrons. The molecule has 4 N–H and O–H groups in total. The van der Waals surface area contributed by atoms with E-state index in [1.165, 1.54) is 16.6 Å². The third-order valence-electron chi connectivity index (χ3n) is 4.36. The predicted molar refractivity (Wildman–Crippen MR) is 120 cm³/mol.